The number of benzene rings is 3. The topological polar surface area (TPSA) is 69.6 Å². The molecule has 0 saturated carbocycles. The first kappa shape index (κ1) is 27.5. The fourth-order valence-corrected chi connectivity index (χ4v) is 3.96. The van der Waals surface area contributed by atoms with E-state index < -0.39 is 5.91 Å². The lowest BCUT2D eigenvalue weighted by Crippen LogP contribution is -2.11. The summed E-state index contributed by atoms with van der Waals surface area (Å²) in [4.78, 5) is 15.3. The van der Waals surface area contributed by atoms with E-state index in [1.165, 1.54) is 0 Å². The molecule has 2 N–H and O–H groups in total. The number of rotatable bonds is 9. The number of hydrogen-bond donors (Lipinski definition) is 1. The maximum atomic E-state index is 11.7. The van der Waals surface area contributed by atoms with Gasteiger partial charge in [-0.3, -0.25) is 4.79 Å². The number of carbonyl (C=O) groups is 1. The molecule has 0 bridgehead atoms. The van der Waals surface area contributed by atoms with Crippen LogP contribution in [0.5, 0.6) is 5.75 Å². The molecule has 0 radical (unpaired) electrons. The van der Waals surface area contributed by atoms with E-state index in [2.05, 4.69) is 22.4 Å². The van der Waals surface area contributed by atoms with E-state index in [0.29, 0.717) is 17.2 Å². The molecule has 1 aromatic heterocycles. The van der Waals surface area contributed by atoms with E-state index >= 15 is 0 Å². The highest BCUT2D eigenvalue weighted by atomic mass is 35.5. The quantitative estimate of drug-likeness (QED) is 0.143. The summed E-state index contributed by atoms with van der Waals surface area (Å²) < 4.78 is 8.21. The Morgan fingerprint density at radius 1 is 1.05 bits per heavy atom. The summed E-state index contributed by atoms with van der Waals surface area (Å²) in [5, 5.41) is 0.619. The fraction of sp³-hybridized carbons (Fsp3) is 0.161. The van der Waals surface area contributed by atoms with Crippen molar-refractivity contribution in [1.29, 1.82) is 0 Å². The number of ether oxygens (including phenoxy) is 1. The fourth-order valence-electron chi connectivity index (χ4n) is 3.79. The van der Waals surface area contributed by atoms with Crippen LogP contribution in [-0.4, -0.2) is 23.7 Å². The molecule has 37 heavy (non-hydrogen) atoms. The van der Waals surface area contributed by atoms with Crippen LogP contribution in [0, 0.1) is 6.92 Å². The Hall–Kier alpha value is -4.09. The first-order valence-electron chi connectivity index (χ1n) is 12.0. The highest BCUT2D eigenvalue weighted by Crippen LogP contribution is 2.36. The standard InChI is InChI=1S/C25H21ClN2O2.C6H11N/c1-17-10-12-23(28(17)21-9-5-8-19(14-21)25(27)29)22-15-20(26)11-13-24(22)30-16-18-6-3-2-4-7-18;1-3-4-5-6-7-2/h2-15H,16H2,1H3,(H2,27,29);3-4H,2,5-6H2,1H3/b;4-3+. The Morgan fingerprint density at radius 2 is 1.84 bits per heavy atom. The van der Waals surface area contributed by atoms with Crippen LogP contribution in [0.3, 0.4) is 0 Å². The molecule has 6 heteroatoms. The van der Waals surface area contributed by atoms with Crippen LogP contribution >= 0.6 is 11.6 Å². The highest BCUT2D eigenvalue weighted by molar-refractivity contribution is 6.31. The van der Waals surface area contributed by atoms with E-state index in [-0.39, 0.29) is 0 Å². The lowest BCUT2D eigenvalue weighted by atomic mass is 10.1. The van der Waals surface area contributed by atoms with Gasteiger partial charge in [0.15, 0.2) is 0 Å². The Morgan fingerprint density at radius 3 is 2.54 bits per heavy atom. The molecule has 0 unspecified atom stereocenters. The number of nitrogens with two attached hydrogens (primary N) is 1. The average molecular weight is 514 g/mol. The predicted octanol–water partition coefficient (Wildman–Crippen LogP) is 7.44. The van der Waals surface area contributed by atoms with Crippen LogP contribution in [-0.2, 0) is 6.61 Å². The van der Waals surface area contributed by atoms with E-state index in [9.17, 15) is 4.79 Å². The van der Waals surface area contributed by atoms with Crippen LogP contribution in [0.4, 0.5) is 0 Å². The van der Waals surface area contributed by atoms with Gasteiger partial charge in [0, 0.05) is 34.1 Å². The Balaban J connectivity index is 0.000000479. The number of aryl methyl sites for hydroxylation is 1. The largest absolute Gasteiger partial charge is 0.488 e. The molecule has 5 nitrogen and oxygen atoms in total. The molecule has 0 spiro atoms. The molecule has 4 rings (SSSR count). The monoisotopic (exact) mass is 513 g/mol. The first-order valence-corrected chi connectivity index (χ1v) is 12.4. The second kappa shape index (κ2) is 13.9. The van der Waals surface area contributed by atoms with Gasteiger partial charge in [0.25, 0.3) is 0 Å². The van der Waals surface area contributed by atoms with Crippen LogP contribution in [0.25, 0.3) is 16.9 Å². The molecule has 1 amide bonds. The van der Waals surface area contributed by atoms with Crippen molar-refractivity contribution in [1.82, 2.24) is 4.57 Å². The minimum Gasteiger partial charge on any atom is -0.488 e. The number of aromatic nitrogens is 1. The summed E-state index contributed by atoms with van der Waals surface area (Å²) in [6.45, 7) is 8.66. The second-order valence-electron chi connectivity index (χ2n) is 8.33. The number of halogens is 1. The maximum absolute atomic E-state index is 11.7. The molecule has 0 fully saturated rings. The average Bonchev–Trinajstić information content (AvgIpc) is 3.30. The number of allylic oxidation sites excluding steroid dienone is 1. The first-order chi connectivity index (χ1) is 17.9. The molecule has 3 aromatic carbocycles. The van der Waals surface area contributed by atoms with Crippen molar-refractivity contribution >= 4 is 24.2 Å². The molecule has 190 valence electrons. The summed E-state index contributed by atoms with van der Waals surface area (Å²) >= 11 is 6.33. The van der Waals surface area contributed by atoms with Crippen molar-refractivity contribution in [3.63, 3.8) is 0 Å². The molecule has 0 saturated heterocycles. The number of amides is 1. The Bertz CT molecular complexity index is 1360. The van der Waals surface area contributed by atoms with Crippen molar-refractivity contribution in [3.8, 4) is 22.7 Å². The van der Waals surface area contributed by atoms with E-state index in [0.717, 1.165) is 46.9 Å². The normalized spacial score (nSPS) is 10.6. The van der Waals surface area contributed by atoms with Crippen LogP contribution < -0.4 is 10.5 Å². The number of hydrogen-bond acceptors (Lipinski definition) is 3. The van der Waals surface area contributed by atoms with Crippen LogP contribution in [0.2, 0.25) is 5.02 Å². The number of nitrogens with zero attached hydrogens (tertiary/aromatic N) is 2. The Kier molecular flexibility index (Phi) is 10.3. The van der Waals surface area contributed by atoms with Gasteiger partial charge < -0.3 is 20.0 Å². The minimum absolute atomic E-state index is 0.451. The van der Waals surface area contributed by atoms with Crippen molar-refractivity contribution in [2.45, 2.75) is 26.9 Å². The molecule has 0 atom stereocenters. The van der Waals surface area contributed by atoms with Gasteiger partial charge in [-0.1, -0.05) is 60.2 Å². The number of primary amides is 1. The van der Waals surface area contributed by atoms with E-state index in [4.69, 9.17) is 22.1 Å². The molecule has 0 aliphatic heterocycles. The maximum Gasteiger partial charge on any atom is 0.248 e. The van der Waals surface area contributed by atoms with Crippen LogP contribution in [0.1, 0.15) is 35.0 Å². The minimum atomic E-state index is -0.460. The summed E-state index contributed by atoms with van der Waals surface area (Å²) in [5.41, 5.74) is 10.7. The van der Waals surface area contributed by atoms with Gasteiger partial charge in [-0.05, 0) is 81.1 Å². The van der Waals surface area contributed by atoms with Crippen molar-refractivity contribution in [2.24, 2.45) is 10.7 Å². The van der Waals surface area contributed by atoms with Crippen LogP contribution in [0.15, 0.2) is 102 Å². The predicted molar refractivity (Wildman–Crippen MR) is 154 cm³/mol. The summed E-state index contributed by atoms with van der Waals surface area (Å²) in [6.07, 6.45) is 5.12. The second-order valence-corrected chi connectivity index (χ2v) is 8.77. The lowest BCUT2D eigenvalue weighted by molar-refractivity contribution is 0.1000. The number of carbonyl (C=O) groups excluding carboxylic acids is 1. The van der Waals surface area contributed by atoms with Gasteiger partial charge in [0.05, 0.1) is 5.69 Å². The highest BCUT2D eigenvalue weighted by Gasteiger charge is 2.16. The summed E-state index contributed by atoms with van der Waals surface area (Å²) in [5.74, 6) is 0.270. The van der Waals surface area contributed by atoms with Crippen molar-refractivity contribution in [2.75, 3.05) is 6.54 Å². The van der Waals surface area contributed by atoms with Crippen molar-refractivity contribution in [3.05, 3.63) is 119 Å². The van der Waals surface area contributed by atoms with Gasteiger partial charge >= 0.3 is 0 Å². The van der Waals surface area contributed by atoms with E-state index in [1.807, 2.05) is 92.7 Å². The summed E-state index contributed by atoms with van der Waals surface area (Å²) in [6, 6.07) is 26.9. The SMILES string of the molecule is C=NCC/C=C/C.Cc1ccc(-c2cc(Cl)ccc2OCc2ccccc2)n1-c1cccc(C(N)=O)c1. The smallest absolute Gasteiger partial charge is 0.248 e. The molecule has 1 heterocycles. The molecule has 0 aliphatic rings. The molecule has 0 aliphatic carbocycles. The third kappa shape index (κ3) is 7.69. The zero-order valence-electron chi connectivity index (χ0n) is 21.2. The van der Waals surface area contributed by atoms with E-state index in [1.54, 1.807) is 12.1 Å². The van der Waals surface area contributed by atoms with Gasteiger partial charge in [-0.25, -0.2) is 0 Å². The zero-order chi connectivity index (χ0) is 26.6. The van der Waals surface area contributed by atoms with Gasteiger partial charge in [-0.15, -0.1) is 0 Å². The summed E-state index contributed by atoms with van der Waals surface area (Å²) in [7, 11) is 0. The molecular formula is C31H32ClN3O2. The van der Waals surface area contributed by atoms with Crippen molar-refractivity contribution < 1.29 is 9.53 Å². The van der Waals surface area contributed by atoms with Gasteiger partial charge in [0.2, 0.25) is 5.91 Å². The lowest BCUT2D eigenvalue weighted by Gasteiger charge is -2.16. The third-order valence-electron chi connectivity index (χ3n) is 5.61. The Labute approximate surface area is 223 Å². The zero-order valence-corrected chi connectivity index (χ0v) is 22.0. The van der Waals surface area contributed by atoms with Gasteiger partial charge in [0.1, 0.15) is 12.4 Å². The molecular weight excluding hydrogens is 482 g/mol. The number of aliphatic imine (C=N–C) groups is 1. The third-order valence-corrected chi connectivity index (χ3v) is 5.84. The molecule has 4 aromatic rings. The van der Waals surface area contributed by atoms with Gasteiger partial charge in [-0.2, -0.15) is 0 Å².